The first-order valence-corrected chi connectivity index (χ1v) is 9.56. The zero-order valence-electron chi connectivity index (χ0n) is 15.5. The van der Waals surface area contributed by atoms with Crippen molar-refractivity contribution in [1.29, 1.82) is 0 Å². The van der Waals surface area contributed by atoms with E-state index in [4.69, 9.17) is 23.2 Å². The molecule has 0 saturated heterocycles. The topological polar surface area (TPSA) is 64.0 Å². The van der Waals surface area contributed by atoms with E-state index in [2.05, 4.69) is 10.3 Å². The van der Waals surface area contributed by atoms with E-state index in [0.717, 1.165) is 5.56 Å². The lowest BCUT2D eigenvalue weighted by molar-refractivity contribution is -0.116. The molecule has 1 aromatic heterocycles. The number of halogens is 2. The highest BCUT2D eigenvalue weighted by molar-refractivity contribution is 6.34. The van der Waals surface area contributed by atoms with Gasteiger partial charge in [0.1, 0.15) is 12.4 Å². The molecule has 2 aromatic carbocycles. The van der Waals surface area contributed by atoms with Crippen molar-refractivity contribution in [3.8, 4) is 11.4 Å². The number of aryl methyl sites for hydroxylation is 2. The largest absolute Gasteiger partial charge is 0.323 e. The lowest BCUT2D eigenvalue weighted by atomic mass is 10.2. The Labute approximate surface area is 172 Å². The molecule has 3 aromatic rings. The standard InChI is InChI=1S/C21H19Cl2N3O2/c1-3-16-11-19(28)26(21(24-16)14-7-5-8-15(22)10-14)12-18(27)25-20-13(2)6-4-9-17(20)23/h4-11H,3,12H2,1-2H3,(H,25,27). The summed E-state index contributed by atoms with van der Waals surface area (Å²) < 4.78 is 1.34. The molecular formula is C21H19Cl2N3O2. The highest BCUT2D eigenvalue weighted by Crippen LogP contribution is 2.25. The molecule has 0 aliphatic carbocycles. The molecule has 7 heteroatoms. The molecule has 1 N–H and O–H groups in total. The van der Waals surface area contributed by atoms with Gasteiger partial charge in [-0.2, -0.15) is 0 Å². The first kappa shape index (κ1) is 20.1. The number of para-hydroxylation sites is 1. The number of nitrogens with one attached hydrogen (secondary N) is 1. The van der Waals surface area contributed by atoms with Crippen LogP contribution in [0.2, 0.25) is 10.0 Å². The van der Waals surface area contributed by atoms with E-state index in [1.807, 2.05) is 26.0 Å². The van der Waals surface area contributed by atoms with Gasteiger partial charge in [0.05, 0.1) is 10.7 Å². The van der Waals surface area contributed by atoms with Gasteiger partial charge in [0.15, 0.2) is 0 Å². The molecule has 3 rings (SSSR count). The molecule has 1 amide bonds. The Kier molecular flexibility index (Phi) is 6.17. The van der Waals surface area contributed by atoms with Crippen LogP contribution >= 0.6 is 23.2 Å². The summed E-state index contributed by atoms with van der Waals surface area (Å²) in [5.74, 6) is 0.0329. The Morgan fingerprint density at radius 3 is 2.57 bits per heavy atom. The van der Waals surface area contributed by atoms with E-state index in [-0.39, 0.29) is 18.0 Å². The minimum absolute atomic E-state index is 0.192. The maximum atomic E-state index is 12.7. The van der Waals surface area contributed by atoms with Crippen molar-refractivity contribution in [3.05, 3.63) is 80.2 Å². The van der Waals surface area contributed by atoms with Gasteiger partial charge in [-0.05, 0) is 37.1 Å². The van der Waals surface area contributed by atoms with Gasteiger partial charge in [0.25, 0.3) is 5.56 Å². The predicted octanol–water partition coefficient (Wildman–Crippen LogP) is 4.73. The van der Waals surface area contributed by atoms with Crippen LogP contribution in [0.3, 0.4) is 0 Å². The Bertz CT molecular complexity index is 1070. The van der Waals surface area contributed by atoms with E-state index in [9.17, 15) is 9.59 Å². The number of anilines is 1. The first-order valence-electron chi connectivity index (χ1n) is 8.80. The second-order valence-electron chi connectivity index (χ2n) is 6.34. The van der Waals surface area contributed by atoms with Gasteiger partial charge < -0.3 is 5.32 Å². The summed E-state index contributed by atoms with van der Waals surface area (Å²) in [4.78, 5) is 29.9. The van der Waals surface area contributed by atoms with E-state index in [1.165, 1.54) is 10.6 Å². The van der Waals surface area contributed by atoms with E-state index < -0.39 is 0 Å². The second kappa shape index (κ2) is 8.59. The minimum atomic E-state index is -0.368. The highest BCUT2D eigenvalue weighted by atomic mass is 35.5. The number of rotatable bonds is 5. The quantitative estimate of drug-likeness (QED) is 0.654. The Morgan fingerprint density at radius 2 is 1.89 bits per heavy atom. The van der Waals surface area contributed by atoms with Crippen molar-refractivity contribution in [3.63, 3.8) is 0 Å². The normalized spacial score (nSPS) is 10.7. The Hall–Kier alpha value is -2.63. The summed E-state index contributed by atoms with van der Waals surface area (Å²) in [5.41, 5.74) is 2.39. The Balaban J connectivity index is 1.99. The van der Waals surface area contributed by atoms with Gasteiger partial charge in [-0.3, -0.25) is 14.2 Å². The molecular weight excluding hydrogens is 397 g/mol. The van der Waals surface area contributed by atoms with Crippen molar-refractivity contribution in [2.24, 2.45) is 0 Å². The smallest absolute Gasteiger partial charge is 0.254 e. The van der Waals surface area contributed by atoms with Gasteiger partial charge in [-0.25, -0.2) is 4.98 Å². The molecule has 0 aliphatic rings. The Morgan fingerprint density at radius 1 is 1.14 bits per heavy atom. The summed E-state index contributed by atoms with van der Waals surface area (Å²) in [7, 11) is 0. The molecule has 0 radical (unpaired) electrons. The van der Waals surface area contributed by atoms with Crippen molar-refractivity contribution < 1.29 is 4.79 Å². The molecule has 0 aliphatic heterocycles. The third-order valence-corrected chi connectivity index (χ3v) is 4.84. The zero-order chi connectivity index (χ0) is 20.3. The number of carbonyl (C=O) groups excluding carboxylic acids is 1. The van der Waals surface area contributed by atoms with Crippen LogP contribution in [0.5, 0.6) is 0 Å². The van der Waals surface area contributed by atoms with Crippen LogP contribution in [0.1, 0.15) is 18.2 Å². The van der Waals surface area contributed by atoms with Crippen LogP contribution in [0.25, 0.3) is 11.4 Å². The molecule has 0 bridgehead atoms. The fourth-order valence-electron chi connectivity index (χ4n) is 2.85. The average Bonchev–Trinajstić information content (AvgIpc) is 2.66. The van der Waals surface area contributed by atoms with Crippen molar-refractivity contribution in [2.45, 2.75) is 26.8 Å². The molecule has 5 nitrogen and oxygen atoms in total. The van der Waals surface area contributed by atoms with Crippen molar-refractivity contribution in [2.75, 3.05) is 5.32 Å². The van der Waals surface area contributed by atoms with Crippen LogP contribution in [0, 0.1) is 6.92 Å². The SMILES string of the molecule is CCc1cc(=O)n(CC(=O)Nc2c(C)cccc2Cl)c(-c2cccc(Cl)c2)n1. The van der Waals surface area contributed by atoms with Gasteiger partial charge in [-0.15, -0.1) is 0 Å². The number of nitrogens with zero attached hydrogens (tertiary/aromatic N) is 2. The summed E-state index contributed by atoms with van der Waals surface area (Å²) in [5, 5.41) is 3.75. The molecule has 0 saturated carbocycles. The lowest BCUT2D eigenvalue weighted by Gasteiger charge is -2.15. The number of aromatic nitrogens is 2. The summed E-state index contributed by atoms with van der Waals surface area (Å²) >= 11 is 12.3. The van der Waals surface area contributed by atoms with Crippen LogP contribution in [0.4, 0.5) is 5.69 Å². The monoisotopic (exact) mass is 415 g/mol. The summed E-state index contributed by atoms with van der Waals surface area (Å²) in [6.07, 6.45) is 0.606. The first-order chi connectivity index (χ1) is 13.4. The molecule has 0 spiro atoms. The van der Waals surface area contributed by atoms with Gasteiger partial charge >= 0.3 is 0 Å². The third-order valence-electron chi connectivity index (χ3n) is 4.29. The van der Waals surface area contributed by atoms with Crippen LogP contribution < -0.4 is 10.9 Å². The fourth-order valence-corrected chi connectivity index (χ4v) is 3.31. The third kappa shape index (κ3) is 4.43. The number of amides is 1. The second-order valence-corrected chi connectivity index (χ2v) is 7.18. The van der Waals surface area contributed by atoms with E-state index in [1.54, 1.807) is 30.3 Å². The predicted molar refractivity (Wildman–Crippen MR) is 113 cm³/mol. The number of carbonyl (C=O) groups is 1. The number of benzene rings is 2. The molecule has 144 valence electrons. The van der Waals surface area contributed by atoms with Crippen LogP contribution in [-0.4, -0.2) is 15.5 Å². The molecule has 0 fully saturated rings. The number of hydrogen-bond donors (Lipinski definition) is 1. The van der Waals surface area contributed by atoms with Gasteiger partial charge in [0, 0.05) is 22.3 Å². The van der Waals surface area contributed by atoms with E-state index in [0.29, 0.717) is 39.2 Å². The van der Waals surface area contributed by atoms with E-state index >= 15 is 0 Å². The van der Waals surface area contributed by atoms with Gasteiger partial charge in [0.2, 0.25) is 5.91 Å². The minimum Gasteiger partial charge on any atom is -0.323 e. The maximum absolute atomic E-state index is 12.7. The zero-order valence-corrected chi connectivity index (χ0v) is 17.0. The average molecular weight is 416 g/mol. The molecule has 0 unspecified atom stereocenters. The van der Waals surface area contributed by atoms with Crippen LogP contribution in [0.15, 0.2) is 53.3 Å². The van der Waals surface area contributed by atoms with Crippen LogP contribution in [-0.2, 0) is 17.8 Å². The van der Waals surface area contributed by atoms with Crippen molar-refractivity contribution in [1.82, 2.24) is 9.55 Å². The van der Waals surface area contributed by atoms with Crippen molar-refractivity contribution >= 4 is 34.8 Å². The lowest BCUT2D eigenvalue weighted by Crippen LogP contribution is -2.30. The van der Waals surface area contributed by atoms with Gasteiger partial charge in [-0.1, -0.05) is 54.4 Å². The summed E-state index contributed by atoms with van der Waals surface area (Å²) in [6, 6.07) is 13.8. The molecule has 0 atom stereocenters. The molecule has 1 heterocycles. The maximum Gasteiger partial charge on any atom is 0.254 e. The highest BCUT2D eigenvalue weighted by Gasteiger charge is 2.15. The number of hydrogen-bond acceptors (Lipinski definition) is 3. The fraction of sp³-hybridized carbons (Fsp3) is 0.190. The summed E-state index contributed by atoms with van der Waals surface area (Å²) in [6.45, 7) is 3.58. The molecule has 28 heavy (non-hydrogen) atoms.